The summed E-state index contributed by atoms with van der Waals surface area (Å²) >= 11 is 0. The van der Waals surface area contributed by atoms with Gasteiger partial charge in [0.15, 0.2) is 11.6 Å². The summed E-state index contributed by atoms with van der Waals surface area (Å²) in [7, 11) is 1.68. The summed E-state index contributed by atoms with van der Waals surface area (Å²) in [5.41, 5.74) is 1.95. The average molecular weight is 322 g/mol. The van der Waals surface area contributed by atoms with Crippen LogP contribution in [0.25, 0.3) is 17.3 Å². The molecular formula is C18H18N4O2. The molecule has 3 rings (SSSR count). The Balaban J connectivity index is 2.08. The van der Waals surface area contributed by atoms with E-state index in [2.05, 4.69) is 16.7 Å². The number of benzene rings is 1. The summed E-state index contributed by atoms with van der Waals surface area (Å²) in [6.45, 7) is 6.08. The van der Waals surface area contributed by atoms with E-state index >= 15 is 0 Å². The first kappa shape index (κ1) is 15.7. The van der Waals surface area contributed by atoms with Crippen LogP contribution in [0, 0.1) is 6.92 Å². The first-order valence-corrected chi connectivity index (χ1v) is 7.54. The molecule has 0 unspecified atom stereocenters. The molecular weight excluding hydrogens is 304 g/mol. The zero-order valence-corrected chi connectivity index (χ0v) is 13.6. The predicted molar refractivity (Wildman–Crippen MR) is 91.0 cm³/mol. The van der Waals surface area contributed by atoms with E-state index in [1.54, 1.807) is 36.2 Å². The minimum Gasteiger partial charge on any atom is -0.461 e. The Hall–Kier alpha value is -3.15. The van der Waals surface area contributed by atoms with E-state index in [-0.39, 0.29) is 11.7 Å². The van der Waals surface area contributed by atoms with Gasteiger partial charge in [0.25, 0.3) is 5.91 Å². The molecule has 122 valence electrons. The van der Waals surface area contributed by atoms with Crippen molar-refractivity contribution < 1.29 is 9.21 Å². The first-order chi connectivity index (χ1) is 11.6. The number of likely N-dealkylation sites (N-methyl/N-ethyl adjacent to an activating group) is 1. The Labute approximate surface area is 140 Å². The fraction of sp³-hybridized carbons (Fsp3) is 0.167. The van der Waals surface area contributed by atoms with Crippen LogP contribution in [0.4, 0.5) is 0 Å². The smallest absolute Gasteiger partial charge is 0.293 e. The van der Waals surface area contributed by atoms with Gasteiger partial charge >= 0.3 is 0 Å². The van der Waals surface area contributed by atoms with Crippen molar-refractivity contribution in [3.8, 4) is 17.3 Å². The van der Waals surface area contributed by atoms with E-state index in [1.165, 1.54) is 4.90 Å². The number of carbonyl (C=O) groups excluding carboxylic acids is 1. The molecule has 3 aromatic rings. The lowest BCUT2D eigenvalue weighted by Gasteiger charge is -2.11. The number of rotatable bonds is 5. The minimum absolute atomic E-state index is 0.117. The first-order valence-electron chi connectivity index (χ1n) is 7.54. The van der Waals surface area contributed by atoms with E-state index in [9.17, 15) is 4.79 Å². The molecule has 0 aliphatic rings. The highest BCUT2D eigenvalue weighted by atomic mass is 16.3. The zero-order valence-electron chi connectivity index (χ0n) is 13.6. The number of aryl methyl sites for hydroxylation is 1. The second-order valence-electron chi connectivity index (χ2n) is 5.46. The number of aromatic nitrogens is 3. The number of amides is 1. The molecule has 2 aromatic heterocycles. The fourth-order valence-corrected chi connectivity index (χ4v) is 2.28. The number of hydrogen-bond donors (Lipinski definition) is 0. The van der Waals surface area contributed by atoms with Crippen molar-refractivity contribution in [1.29, 1.82) is 0 Å². The van der Waals surface area contributed by atoms with E-state index < -0.39 is 0 Å². The second-order valence-corrected chi connectivity index (χ2v) is 5.46. The van der Waals surface area contributed by atoms with Crippen LogP contribution in [0.5, 0.6) is 0 Å². The van der Waals surface area contributed by atoms with Gasteiger partial charge < -0.3 is 9.32 Å². The van der Waals surface area contributed by atoms with Crippen molar-refractivity contribution >= 4 is 5.91 Å². The molecule has 0 bridgehead atoms. The molecule has 0 radical (unpaired) electrons. The van der Waals surface area contributed by atoms with Crippen molar-refractivity contribution in [2.24, 2.45) is 0 Å². The van der Waals surface area contributed by atoms with Crippen LogP contribution in [-0.2, 0) is 0 Å². The van der Waals surface area contributed by atoms with Crippen LogP contribution in [-0.4, -0.2) is 39.2 Å². The highest BCUT2D eigenvalue weighted by Crippen LogP contribution is 2.22. The fourth-order valence-electron chi connectivity index (χ4n) is 2.28. The van der Waals surface area contributed by atoms with Crippen molar-refractivity contribution in [3.05, 3.63) is 66.7 Å². The van der Waals surface area contributed by atoms with Gasteiger partial charge in [-0.3, -0.25) is 4.79 Å². The molecule has 0 fully saturated rings. The Kier molecular flexibility index (Phi) is 4.29. The summed E-state index contributed by atoms with van der Waals surface area (Å²) in [6.07, 6.45) is 3.22. The Morgan fingerprint density at radius 1 is 1.33 bits per heavy atom. The Bertz CT molecular complexity index is 848. The Morgan fingerprint density at radius 2 is 2.08 bits per heavy atom. The molecule has 0 aliphatic carbocycles. The van der Waals surface area contributed by atoms with Crippen LogP contribution < -0.4 is 0 Å². The maximum atomic E-state index is 12.5. The SMILES string of the molecule is C=CCN(C)C(=O)c1nc(-c2ccco2)n(-c2ccc(C)cc2)n1. The van der Waals surface area contributed by atoms with Gasteiger partial charge in [0.1, 0.15) is 0 Å². The van der Waals surface area contributed by atoms with Gasteiger partial charge in [0.05, 0.1) is 12.0 Å². The average Bonchev–Trinajstić information content (AvgIpc) is 3.24. The molecule has 0 atom stereocenters. The quantitative estimate of drug-likeness (QED) is 0.677. The number of hydrogen-bond acceptors (Lipinski definition) is 4. The largest absolute Gasteiger partial charge is 0.461 e. The maximum absolute atomic E-state index is 12.5. The number of carbonyl (C=O) groups is 1. The molecule has 1 amide bonds. The summed E-state index contributed by atoms with van der Waals surface area (Å²) < 4.78 is 7.06. The van der Waals surface area contributed by atoms with Gasteiger partial charge in [-0.2, -0.15) is 4.98 Å². The highest BCUT2D eigenvalue weighted by Gasteiger charge is 2.22. The van der Waals surface area contributed by atoms with Crippen LogP contribution in [0.1, 0.15) is 16.2 Å². The van der Waals surface area contributed by atoms with Crippen LogP contribution in [0.2, 0.25) is 0 Å². The van der Waals surface area contributed by atoms with Gasteiger partial charge in [-0.05, 0) is 31.2 Å². The van der Waals surface area contributed by atoms with Gasteiger partial charge in [-0.25, -0.2) is 4.68 Å². The third kappa shape index (κ3) is 2.99. The van der Waals surface area contributed by atoms with Crippen molar-refractivity contribution in [3.63, 3.8) is 0 Å². The maximum Gasteiger partial charge on any atom is 0.293 e. The Morgan fingerprint density at radius 3 is 2.71 bits per heavy atom. The van der Waals surface area contributed by atoms with Gasteiger partial charge in [0.2, 0.25) is 5.82 Å². The molecule has 0 spiro atoms. The van der Waals surface area contributed by atoms with E-state index in [1.807, 2.05) is 31.2 Å². The van der Waals surface area contributed by atoms with Crippen LogP contribution >= 0.6 is 0 Å². The van der Waals surface area contributed by atoms with Gasteiger partial charge in [-0.1, -0.05) is 23.8 Å². The standard InChI is InChI=1S/C18H18N4O2/c1-4-11-21(3)18(23)16-19-17(15-6-5-12-24-15)22(20-16)14-9-7-13(2)8-10-14/h4-10,12H,1,11H2,2-3H3. The minimum atomic E-state index is -0.270. The lowest BCUT2D eigenvalue weighted by molar-refractivity contribution is 0.0798. The molecule has 6 nitrogen and oxygen atoms in total. The predicted octanol–water partition coefficient (Wildman–Crippen LogP) is 3.09. The summed E-state index contributed by atoms with van der Waals surface area (Å²) in [5, 5.41) is 4.39. The lowest BCUT2D eigenvalue weighted by Crippen LogP contribution is -2.27. The summed E-state index contributed by atoms with van der Waals surface area (Å²) in [5.74, 6) is 0.882. The molecule has 0 saturated heterocycles. The molecule has 0 saturated carbocycles. The second kappa shape index (κ2) is 6.54. The molecule has 6 heteroatoms. The van der Waals surface area contributed by atoms with Crippen molar-refractivity contribution in [1.82, 2.24) is 19.7 Å². The summed E-state index contributed by atoms with van der Waals surface area (Å²) in [4.78, 5) is 18.4. The normalized spacial score (nSPS) is 10.6. The highest BCUT2D eigenvalue weighted by molar-refractivity contribution is 5.90. The molecule has 2 heterocycles. The summed E-state index contributed by atoms with van der Waals surface area (Å²) in [6, 6.07) is 11.4. The van der Waals surface area contributed by atoms with Crippen LogP contribution in [0.3, 0.4) is 0 Å². The number of furan rings is 1. The topological polar surface area (TPSA) is 64.2 Å². The van der Waals surface area contributed by atoms with Crippen molar-refractivity contribution in [2.45, 2.75) is 6.92 Å². The van der Waals surface area contributed by atoms with E-state index in [4.69, 9.17) is 4.42 Å². The number of nitrogens with zero attached hydrogens (tertiary/aromatic N) is 4. The zero-order chi connectivity index (χ0) is 17.1. The molecule has 0 aliphatic heterocycles. The molecule has 1 aromatic carbocycles. The van der Waals surface area contributed by atoms with Gasteiger partial charge in [0, 0.05) is 13.6 Å². The third-order valence-electron chi connectivity index (χ3n) is 3.57. The van der Waals surface area contributed by atoms with Crippen LogP contribution in [0.15, 0.2) is 59.7 Å². The monoisotopic (exact) mass is 322 g/mol. The third-order valence-corrected chi connectivity index (χ3v) is 3.57. The molecule has 24 heavy (non-hydrogen) atoms. The molecule has 0 N–H and O–H groups in total. The van der Waals surface area contributed by atoms with Crippen molar-refractivity contribution in [2.75, 3.05) is 13.6 Å². The van der Waals surface area contributed by atoms with Gasteiger partial charge in [-0.15, -0.1) is 11.7 Å². The van der Waals surface area contributed by atoms with E-state index in [0.29, 0.717) is 18.1 Å². The van der Waals surface area contributed by atoms with E-state index in [0.717, 1.165) is 11.3 Å². The lowest BCUT2D eigenvalue weighted by atomic mass is 10.2.